The van der Waals surface area contributed by atoms with Gasteiger partial charge in [-0.05, 0) is 6.26 Å². The van der Waals surface area contributed by atoms with Crippen molar-refractivity contribution in [1.29, 1.82) is 0 Å². The van der Waals surface area contributed by atoms with Gasteiger partial charge in [0.1, 0.15) is 5.15 Å². The minimum Gasteiger partial charge on any atom is -0.230 e. The topological polar surface area (TPSA) is 25.8 Å². The second kappa shape index (κ2) is 3.61. The summed E-state index contributed by atoms with van der Waals surface area (Å²) in [5.41, 5.74) is 0.532. The van der Waals surface area contributed by atoms with E-state index in [4.69, 9.17) is 18.0 Å². The molecule has 0 radical (unpaired) electrons. The Morgan fingerprint density at radius 2 is 2.45 bits per heavy atom. The molecule has 4 heteroatoms. The van der Waals surface area contributed by atoms with Gasteiger partial charge in [-0.2, -0.15) is 0 Å². The van der Waals surface area contributed by atoms with Crippen molar-refractivity contribution in [1.82, 2.24) is 9.97 Å². The van der Waals surface area contributed by atoms with Gasteiger partial charge in [-0.15, -0.1) is 6.42 Å². The van der Waals surface area contributed by atoms with Crippen molar-refractivity contribution in [2.75, 3.05) is 6.26 Å². The van der Waals surface area contributed by atoms with Gasteiger partial charge in [-0.1, -0.05) is 29.3 Å². The van der Waals surface area contributed by atoms with Crippen LogP contribution in [-0.4, -0.2) is 16.2 Å². The second-order valence-electron chi connectivity index (χ2n) is 1.71. The molecular weight excluding hydrogens is 180 g/mol. The molecule has 11 heavy (non-hydrogen) atoms. The highest BCUT2D eigenvalue weighted by atomic mass is 35.5. The van der Waals surface area contributed by atoms with Crippen LogP contribution in [0, 0.1) is 12.3 Å². The maximum Gasteiger partial charge on any atom is 0.188 e. The van der Waals surface area contributed by atoms with Gasteiger partial charge < -0.3 is 0 Å². The SMILES string of the molecule is C#Cc1cnc(SC)nc1Cl. The molecule has 1 aromatic heterocycles. The summed E-state index contributed by atoms with van der Waals surface area (Å²) in [5.74, 6) is 2.38. The van der Waals surface area contributed by atoms with Crippen LogP contribution >= 0.6 is 23.4 Å². The van der Waals surface area contributed by atoms with Crippen molar-refractivity contribution in [3.8, 4) is 12.3 Å². The van der Waals surface area contributed by atoms with E-state index in [0.717, 1.165) is 0 Å². The zero-order valence-electron chi connectivity index (χ0n) is 5.84. The molecule has 0 saturated carbocycles. The molecule has 1 aromatic rings. The molecule has 0 N–H and O–H groups in total. The van der Waals surface area contributed by atoms with Crippen molar-refractivity contribution in [2.24, 2.45) is 0 Å². The third kappa shape index (κ3) is 1.86. The Hall–Kier alpha value is -0.720. The molecule has 0 aliphatic heterocycles. The van der Waals surface area contributed by atoms with E-state index in [9.17, 15) is 0 Å². The molecule has 0 bridgehead atoms. The zero-order chi connectivity index (χ0) is 8.27. The molecule has 0 aliphatic rings. The number of aromatic nitrogens is 2. The molecular formula is C7H5ClN2S. The van der Waals surface area contributed by atoms with Crippen molar-refractivity contribution in [3.63, 3.8) is 0 Å². The first-order chi connectivity index (χ1) is 5.27. The summed E-state index contributed by atoms with van der Waals surface area (Å²) in [7, 11) is 0. The Balaban J connectivity index is 3.12. The normalized spacial score (nSPS) is 9.18. The van der Waals surface area contributed by atoms with Gasteiger partial charge in [-0.3, -0.25) is 0 Å². The summed E-state index contributed by atoms with van der Waals surface area (Å²) in [6, 6.07) is 0. The molecule has 0 fully saturated rings. The molecule has 56 valence electrons. The molecule has 0 spiro atoms. The maximum atomic E-state index is 5.70. The van der Waals surface area contributed by atoms with Crippen LogP contribution in [0.2, 0.25) is 5.15 Å². The van der Waals surface area contributed by atoms with E-state index in [1.165, 1.54) is 11.8 Å². The first kappa shape index (κ1) is 8.38. The minimum absolute atomic E-state index is 0.340. The molecule has 1 heterocycles. The summed E-state index contributed by atoms with van der Waals surface area (Å²) in [4.78, 5) is 7.89. The Morgan fingerprint density at radius 3 is 2.91 bits per heavy atom. The van der Waals surface area contributed by atoms with Crippen LogP contribution in [0.25, 0.3) is 0 Å². The van der Waals surface area contributed by atoms with Gasteiger partial charge >= 0.3 is 0 Å². The highest BCUT2D eigenvalue weighted by Gasteiger charge is 2.00. The third-order valence-corrected chi connectivity index (χ3v) is 1.91. The van der Waals surface area contributed by atoms with E-state index in [0.29, 0.717) is 15.9 Å². The Kier molecular flexibility index (Phi) is 2.75. The average molecular weight is 185 g/mol. The minimum atomic E-state index is 0.340. The molecule has 0 atom stereocenters. The highest BCUT2D eigenvalue weighted by Crippen LogP contribution is 2.14. The standard InChI is InChI=1S/C7H5ClN2S/c1-3-5-4-9-7(11-2)10-6(5)8/h1,4H,2H3. The second-order valence-corrected chi connectivity index (χ2v) is 2.84. The van der Waals surface area contributed by atoms with E-state index >= 15 is 0 Å². The lowest BCUT2D eigenvalue weighted by atomic mass is 10.4. The molecule has 2 nitrogen and oxygen atoms in total. The van der Waals surface area contributed by atoms with Gasteiger partial charge in [0.15, 0.2) is 5.16 Å². The fourth-order valence-corrected chi connectivity index (χ4v) is 1.12. The third-order valence-electron chi connectivity index (χ3n) is 1.06. The molecule has 1 rings (SSSR count). The van der Waals surface area contributed by atoms with E-state index in [1.807, 2.05) is 6.26 Å². The summed E-state index contributed by atoms with van der Waals surface area (Å²) < 4.78 is 0. The fraction of sp³-hybridized carbons (Fsp3) is 0.143. The predicted octanol–water partition coefficient (Wildman–Crippen LogP) is 1.83. The number of terminal acetylenes is 1. The van der Waals surface area contributed by atoms with Crippen molar-refractivity contribution in [2.45, 2.75) is 5.16 Å². The van der Waals surface area contributed by atoms with Gasteiger partial charge in [0.25, 0.3) is 0 Å². The van der Waals surface area contributed by atoms with Crippen LogP contribution in [0.1, 0.15) is 5.56 Å². The van der Waals surface area contributed by atoms with Gasteiger partial charge in [-0.25, -0.2) is 9.97 Å². The zero-order valence-corrected chi connectivity index (χ0v) is 7.41. The Bertz CT molecular complexity index is 306. The molecule has 0 aliphatic carbocycles. The quantitative estimate of drug-likeness (QED) is 0.288. The molecule has 0 saturated heterocycles. The van der Waals surface area contributed by atoms with Crippen molar-refractivity contribution < 1.29 is 0 Å². The van der Waals surface area contributed by atoms with Crippen LogP contribution < -0.4 is 0 Å². The Morgan fingerprint density at radius 1 is 1.73 bits per heavy atom. The van der Waals surface area contributed by atoms with Crippen molar-refractivity contribution >= 4 is 23.4 Å². The van der Waals surface area contributed by atoms with Crippen LogP contribution in [0.3, 0.4) is 0 Å². The monoisotopic (exact) mass is 184 g/mol. The smallest absolute Gasteiger partial charge is 0.188 e. The lowest BCUT2D eigenvalue weighted by Gasteiger charge is -1.96. The van der Waals surface area contributed by atoms with Crippen LogP contribution in [0.15, 0.2) is 11.4 Å². The van der Waals surface area contributed by atoms with E-state index in [1.54, 1.807) is 6.20 Å². The number of nitrogens with zero attached hydrogens (tertiary/aromatic N) is 2. The first-order valence-electron chi connectivity index (χ1n) is 2.81. The Labute approximate surface area is 74.4 Å². The van der Waals surface area contributed by atoms with E-state index in [-0.39, 0.29) is 0 Å². The highest BCUT2D eigenvalue weighted by molar-refractivity contribution is 7.98. The van der Waals surface area contributed by atoms with E-state index < -0.39 is 0 Å². The number of hydrogen-bond donors (Lipinski definition) is 0. The van der Waals surface area contributed by atoms with Gasteiger partial charge in [0.05, 0.1) is 5.56 Å². The average Bonchev–Trinajstić information content (AvgIpc) is 2.04. The predicted molar refractivity (Wildman–Crippen MR) is 46.8 cm³/mol. The number of hydrogen-bond acceptors (Lipinski definition) is 3. The maximum absolute atomic E-state index is 5.70. The number of rotatable bonds is 1. The van der Waals surface area contributed by atoms with Crippen molar-refractivity contribution in [3.05, 3.63) is 16.9 Å². The van der Waals surface area contributed by atoms with Crippen LogP contribution in [-0.2, 0) is 0 Å². The number of thioether (sulfide) groups is 1. The largest absolute Gasteiger partial charge is 0.230 e. The lowest BCUT2D eigenvalue weighted by molar-refractivity contribution is 0.965. The van der Waals surface area contributed by atoms with Crippen LogP contribution in [0.4, 0.5) is 0 Å². The van der Waals surface area contributed by atoms with E-state index in [2.05, 4.69) is 15.9 Å². The van der Waals surface area contributed by atoms with Gasteiger partial charge in [0, 0.05) is 6.20 Å². The molecule has 0 amide bonds. The summed E-state index contributed by atoms with van der Waals surface area (Å²) in [6.07, 6.45) is 8.54. The summed E-state index contributed by atoms with van der Waals surface area (Å²) in [5, 5.41) is 0.973. The molecule has 0 unspecified atom stereocenters. The summed E-state index contributed by atoms with van der Waals surface area (Å²) >= 11 is 7.13. The fourth-order valence-electron chi connectivity index (χ4n) is 0.541. The van der Waals surface area contributed by atoms with Gasteiger partial charge in [0.2, 0.25) is 0 Å². The summed E-state index contributed by atoms with van der Waals surface area (Å²) in [6.45, 7) is 0. The molecule has 0 aromatic carbocycles. The van der Waals surface area contributed by atoms with Crippen LogP contribution in [0.5, 0.6) is 0 Å². The first-order valence-corrected chi connectivity index (χ1v) is 4.41. The lowest BCUT2D eigenvalue weighted by Crippen LogP contribution is -1.88. The number of halogens is 1.